The molecule has 5 heteroatoms. The minimum Gasteiger partial charge on any atom is -0.480 e. The number of aliphatic hydroxyl groups excluding tert-OH is 1. The van der Waals surface area contributed by atoms with Crippen molar-refractivity contribution < 1.29 is 19.7 Å². The van der Waals surface area contributed by atoms with E-state index in [2.05, 4.69) is 0 Å². The third kappa shape index (κ3) is 2.72. The molecule has 0 aromatic heterocycles. The maximum atomic E-state index is 10.6. The van der Waals surface area contributed by atoms with Crippen molar-refractivity contribution in [2.24, 2.45) is 0 Å². The molecule has 0 aromatic carbocycles. The number of hydrogen-bond donors (Lipinski definition) is 2. The molecular weight excluding hydrogens is 210 g/mol. The van der Waals surface area contributed by atoms with Crippen LogP contribution < -0.4 is 0 Å². The van der Waals surface area contributed by atoms with Crippen molar-refractivity contribution in [1.29, 1.82) is 0 Å². The van der Waals surface area contributed by atoms with Crippen LogP contribution in [0.15, 0.2) is 0 Å². The minimum absolute atomic E-state index is 0.110. The summed E-state index contributed by atoms with van der Waals surface area (Å²) in [5, 5.41) is 18.3. The quantitative estimate of drug-likeness (QED) is 0.701. The van der Waals surface area contributed by atoms with Gasteiger partial charge in [-0.25, -0.2) is 0 Å². The Morgan fingerprint density at radius 1 is 1.44 bits per heavy atom. The van der Waals surface area contributed by atoms with Crippen LogP contribution in [0.3, 0.4) is 0 Å². The number of nitrogens with zero attached hydrogens (tertiary/aromatic N) is 1. The van der Waals surface area contributed by atoms with Gasteiger partial charge in [-0.05, 0) is 19.3 Å². The molecular formula is C11H19NO4. The molecule has 92 valence electrons. The van der Waals surface area contributed by atoms with Gasteiger partial charge in [-0.15, -0.1) is 0 Å². The summed E-state index contributed by atoms with van der Waals surface area (Å²) < 4.78 is 5.80. The average molecular weight is 229 g/mol. The molecule has 1 spiro atoms. The first-order valence-corrected chi connectivity index (χ1v) is 5.86. The number of rotatable bonds is 2. The van der Waals surface area contributed by atoms with Crippen LogP contribution in [0.4, 0.5) is 0 Å². The highest BCUT2D eigenvalue weighted by molar-refractivity contribution is 5.69. The van der Waals surface area contributed by atoms with Gasteiger partial charge in [0.1, 0.15) is 0 Å². The van der Waals surface area contributed by atoms with E-state index in [1.54, 1.807) is 0 Å². The molecule has 5 nitrogen and oxygen atoms in total. The summed E-state index contributed by atoms with van der Waals surface area (Å²) in [4.78, 5) is 12.5. The molecule has 0 aliphatic carbocycles. The molecule has 1 atom stereocenters. The lowest BCUT2D eigenvalue weighted by molar-refractivity contribution is -0.150. The van der Waals surface area contributed by atoms with E-state index in [1.807, 2.05) is 4.90 Å². The summed E-state index contributed by atoms with van der Waals surface area (Å²) in [6.45, 7) is 2.23. The fourth-order valence-electron chi connectivity index (χ4n) is 2.66. The number of ether oxygens (including phenoxy) is 1. The first-order chi connectivity index (χ1) is 7.60. The second-order valence-corrected chi connectivity index (χ2v) is 4.85. The fraction of sp³-hybridized carbons (Fsp3) is 0.909. The molecule has 0 amide bonds. The van der Waals surface area contributed by atoms with Gasteiger partial charge in [0.05, 0.1) is 18.2 Å². The summed E-state index contributed by atoms with van der Waals surface area (Å²) in [5.41, 5.74) is -0.188. The molecule has 2 fully saturated rings. The van der Waals surface area contributed by atoms with Gasteiger partial charge in [0.2, 0.25) is 0 Å². The van der Waals surface area contributed by atoms with Crippen molar-refractivity contribution >= 4 is 5.97 Å². The van der Waals surface area contributed by atoms with Crippen LogP contribution in [0, 0.1) is 0 Å². The van der Waals surface area contributed by atoms with Gasteiger partial charge in [0, 0.05) is 26.1 Å². The van der Waals surface area contributed by atoms with Gasteiger partial charge in [-0.1, -0.05) is 0 Å². The SMILES string of the molecule is O=C(O)CN1CCC2(CC1)CC(O)CCO2. The zero-order chi connectivity index (χ0) is 11.6. The maximum Gasteiger partial charge on any atom is 0.317 e. The molecule has 2 aliphatic rings. The van der Waals surface area contributed by atoms with Crippen molar-refractivity contribution in [3.63, 3.8) is 0 Å². The van der Waals surface area contributed by atoms with E-state index in [-0.39, 0.29) is 18.2 Å². The zero-order valence-electron chi connectivity index (χ0n) is 9.39. The Hall–Kier alpha value is -0.650. The largest absolute Gasteiger partial charge is 0.480 e. The Morgan fingerprint density at radius 3 is 2.69 bits per heavy atom. The number of carboxylic acid groups (broad SMARTS) is 1. The third-order valence-electron chi connectivity index (χ3n) is 3.59. The number of piperidine rings is 1. The number of carbonyl (C=O) groups is 1. The van der Waals surface area contributed by atoms with Crippen molar-refractivity contribution in [1.82, 2.24) is 4.90 Å². The van der Waals surface area contributed by atoms with Gasteiger partial charge < -0.3 is 14.9 Å². The molecule has 0 radical (unpaired) electrons. The van der Waals surface area contributed by atoms with E-state index >= 15 is 0 Å². The number of aliphatic carboxylic acids is 1. The molecule has 2 rings (SSSR count). The highest BCUT2D eigenvalue weighted by atomic mass is 16.5. The van der Waals surface area contributed by atoms with Crippen LogP contribution in [-0.4, -0.2) is 59.0 Å². The lowest BCUT2D eigenvalue weighted by Crippen LogP contribution is -2.51. The van der Waals surface area contributed by atoms with Gasteiger partial charge in [0.15, 0.2) is 0 Å². The maximum absolute atomic E-state index is 10.6. The second kappa shape index (κ2) is 4.69. The van der Waals surface area contributed by atoms with Crippen LogP contribution in [0.2, 0.25) is 0 Å². The standard InChI is InChI=1S/C11H19NO4/c13-9-1-6-16-11(7-9)2-4-12(5-3-11)8-10(14)15/h9,13H,1-8H2,(H,14,15). The van der Waals surface area contributed by atoms with Gasteiger partial charge in [0.25, 0.3) is 0 Å². The Balaban J connectivity index is 1.86. The Labute approximate surface area is 95.0 Å². The number of likely N-dealkylation sites (tertiary alicyclic amines) is 1. The molecule has 0 aromatic rings. The number of aliphatic hydroxyl groups is 1. The number of hydrogen-bond acceptors (Lipinski definition) is 4. The lowest BCUT2D eigenvalue weighted by atomic mass is 9.83. The molecule has 2 heterocycles. The topological polar surface area (TPSA) is 70.0 Å². The van der Waals surface area contributed by atoms with Crippen LogP contribution in [0.1, 0.15) is 25.7 Å². The molecule has 0 bridgehead atoms. The van der Waals surface area contributed by atoms with E-state index in [9.17, 15) is 9.90 Å². The van der Waals surface area contributed by atoms with Crippen molar-refractivity contribution in [2.75, 3.05) is 26.2 Å². The monoisotopic (exact) mass is 229 g/mol. The summed E-state index contributed by atoms with van der Waals surface area (Å²) in [6, 6.07) is 0. The van der Waals surface area contributed by atoms with Crippen molar-refractivity contribution in [3.05, 3.63) is 0 Å². The Morgan fingerprint density at radius 2 is 2.12 bits per heavy atom. The predicted octanol–water partition coefficient (Wildman–Crippen LogP) is 0.0769. The normalized spacial score (nSPS) is 30.4. The summed E-state index contributed by atoms with van der Waals surface area (Å²) >= 11 is 0. The van der Waals surface area contributed by atoms with Gasteiger partial charge in [-0.2, -0.15) is 0 Å². The Kier molecular flexibility index (Phi) is 3.47. The summed E-state index contributed by atoms with van der Waals surface area (Å²) in [6.07, 6.45) is 2.84. The van der Waals surface area contributed by atoms with Gasteiger partial charge in [-0.3, -0.25) is 9.69 Å². The average Bonchev–Trinajstić information content (AvgIpc) is 2.21. The fourth-order valence-corrected chi connectivity index (χ4v) is 2.66. The summed E-state index contributed by atoms with van der Waals surface area (Å²) in [5.74, 6) is -0.777. The highest BCUT2D eigenvalue weighted by Crippen LogP contribution is 2.34. The van der Waals surface area contributed by atoms with E-state index < -0.39 is 5.97 Å². The van der Waals surface area contributed by atoms with E-state index in [4.69, 9.17) is 9.84 Å². The summed E-state index contributed by atoms with van der Waals surface area (Å²) in [7, 11) is 0. The smallest absolute Gasteiger partial charge is 0.317 e. The zero-order valence-corrected chi connectivity index (χ0v) is 9.39. The third-order valence-corrected chi connectivity index (χ3v) is 3.59. The van der Waals surface area contributed by atoms with Crippen molar-refractivity contribution in [2.45, 2.75) is 37.4 Å². The van der Waals surface area contributed by atoms with E-state index in [1.165, 1.54) is 0 Å². The molecule has 0 saturated carbocycles. The first kappa shape index (κ1) is 11.8. The minimum atomic E-state index is -0.777. The molecule has 2 aliphatic heterocycles. The first-order valence-electron chi connectivity index (χ1n) is 5.86. The van der Waals surface area contributed by atoms with Crippen LogP contribution in [0.5, 0.6) is 0 Å². The van der Waals surface area contributed by atoms with Crippen molar-refractivity contribution in [3.8, 4) is 0 Å². The van der Waals surface area contributed by atoms with Crippen LogP contribution >= 0.6 is 0 Å². The van der Waals surface area contributed by atoms with Crippen LogP contribution in [-0.2, 0) is 9.53 Å². The molecule has 16 heavy (non-hydrogen) atoms. The molecule has 2 N–H and O–H groups in total. The Bertz CT molecular complexity index is 261. The predicted molar refractivity (Wildman–Crippen MR) is 57.2 cm³/mol. The highest BCUT2D eigenvalue weighted by Gasteiger charge is 2.39. The van der Waals surface area contributed by atoms with E-state index in [0.717, 1.165) is 32.4 Å². The van der Waals surface area contributed by atoms with E-state index in [0.29, 0.717) is 13.0 Å². The molecule has 2 saturated heterocycles. The lowest BCUT2D eigenvalue weighted by Gasteiger charge is -2.44. The van der Waals surface area contributed by atoms with Gasteiger partial charge >= 0.3 is 5.97 Å². The second-order valence-electron chi connectivity index (χ2n) is 4.85. The molecule has 1 unspecified atom stereocenters. The number of carboxylic acids is 1. The van der Waals surface area contributed by atoms with Crippen LogP contribution in [0.25, 0.3) is 0 Å².